The van der Waals surface area contributed by atoms with Crippen molar-refractivity contribution in [1.29, 1.82) is 0 Å². The summed E-state index contributed by atoms with van der Waals surface area (Å²) in [6.45, 7) is 1.89. The third-order valence-corrected chi connectivity index (χ3v) is 5.00. The number of nitrogens with one attached hydrogen (secondary N) is 1. The summed E-state index contributed by atoms with van der Waals surface area (Å²) in [7, 11) is 5.28. The molecular formula is C18H21N3O3S. The average Bonchev–Trinajstić information content (AvgIpc) is 3.00. The molecule has 0 saturated carbocycles. The number of ether oxygens (including phenoxy) is 2. The summed E-state index contributed by atoms with van der Waals surface area (Å²) in [5, 5.41) is 3.49. The number of likely N-dealkylation sites (N-methyl/N-ethyl adjacent to an activating group) is 1. The highest BCUT2D eigenvalue weighted by Crippen LogP contribution is 2.28. The lowest BCUT2D eigenvalue weighted by atomic mass is 10.1. The number of carbonyl (C=O) groups is 1. The molecule has 1 aromatic carbocycles. The van der Waals surface area contributed by atoms with E-state index in [0.717, 1.165) is 30.8 Å². The minimum Gasteiger partial charge on any atom is -0.497 e. The summed E-state index contributed by atoms with van der Waals surface area (Å²) in [5.41, 5.74) is 1.87. The molecule has 7 heteroatoms. The topological polar surface area (TPSA) is 63.7 Å². The lowest BCUT2D eigenvalue weighted by Gasteiger charge is -2.20. The number of nitrogens with zero attached hydrogens (tertiary/aromatic N) is 2. The van der Waals surface area contributed by atoms with Gasteiger partial charge < -0.3 is 14.4 Å². The van der Waals surface area contributed by atoms with Crippen molar-refractivity contribution in [2.24, 2.45) is 0 Å². The van der Waals surface area contributed by atoms with Crippen molar-refractivity contribution < 1.29 is 14.3 Å². The van der Waals surface area contributed by atoms with E-state index in [9.17, 15) is 4.79 Å². The van der Waals surface area contributed by atoms with E-state index in [-0.39, 0.29) is 5.91 Å². The highest BCUT2D eigenvalue weighted by atomic mass is 32.1. The molecule has 6 nitrogen and oxygen atoms in total. The van der Waals surface area contributed by atoms with Crippen LogP contribution in [0.2, 0.25) is 0 Å². The third kappa shape index (κ3) is 4.18. The molecule has 0 fully saturated rings. The molecule has 0 saturated heterocycles. The van der Waals surface area contributed by atoms with Gasteiger partial charge in [0, 0.05) is 36.0 Å². The maximum Gasteiger partial charge on any atom is 0.250 e. The van der Waals surface area contributed by atoms with Crippen LogP contribution < -0.4 is 14.8 Å². The molecule has 1 aliphatic rings. The Labute approximate surface area is 151 Å². The number of amides is 1. The molecule has 0 aliphatic carbocycles. The Balaban J connectivity index is 1.69. The van der Waals surface area contributed by atoms with Gasteiger partial charge in [-0.05, 0) is 31.3 Å². The highest BCUT2D eigenvalue weighted by molar-refractivity contribution is 7.15. The van der Waals surface area contributed by atoms with Gasteiger partial charge in [0.1, 0.15) is 11.5 Å². The second-order valence-electron chi connectivity index (χ2n) is 5.81. The standard InChI is InChI=1S/C18H21N3O3S/c1-21-9-8-14-16(11-21)25-18(19-14)20-17(22)7-4-12-10-13(23-2)5-6-15(12)24-3/h4-7,10H,8-9,11H2,1-3H3,(H,19,20,22)/b7-4+. The number of aromatic nitrogens is 1. The predicted molar refractivity (Wildman–Crippen MR) is 99.4 cm³/mol. The van der Waals surface area contributed by atoms with Crippen molar-refractivity contribution in [3.8, 4) is 11.5 Å². The Kier molecular flexibility index (Phi) is 5.35. The van der Waals surface area contributed by atoms with E-state index < -0.39 is 0 Å². The zero-order valence-electron chi connectivity index (χ0n) is 14.5. The van der Waals surface area contributed by atoms with Crippen LogP contribution in [0.4, 0.5) is 5.13 Å². The summed E-state index contributed by atoms with van der Waals surface area (Å²) in [6, 6.07) is 5.44. The molecule has 0 atom stereocenters. The summed E-state index contributed by atoms with van der Waals surface area (Å²) in [6.07, 6.45) is 4.11. The molecule has 0 spiro atoms. The normalized spacial score (nSPS) is 14.4. The van der Waals surface area contributed by atoms with Crippen LogP contribution in [0, 0.1) is 0 Å². The molecule has 0 radical (unpaired) electrons. The fourth-order valence-electron chi connectivity index (χ4n) is 2.66. The fourth-order valence-corrected chi connectivity index (χ4v) is 3.75. The van der Waals surface area contributed by atoms with Crippen molar-refractivity contribution in [1.82, 2.24) is 9.88 Å². The van der Waals surface area contributed by atoms with Crippen LogP contribution in [0.5, 0.6) is 11.5 Å². The van der Waals surface area contributed by atoms with Crippen LogP contribution in [0.3, 0.4) is 0 Å². The first kappa shape index (κ1) is 17.4. The predicted octanol–water partition coefficient (Wildman–Crippen LogP) is 2.80. The van der Waals surface area contributed by atoms with Crippen LogP contribution in [-0.4, -0.2) is 43.6 Å². The van der Waals surface area contributed by atoms with E-state index in [2.05, 4.69) is 22.2 Å². The molecule has 1 amide bonds. The molecule has 0 unspecified atom stereocenters. The van der Waals surface area contributed by atoms with Crippen molar-refractivity contribution in [3.05, 3.63) is 40.4 Å². The monoisotopic (exact) mass is 359 g/mol. The van der Waals surface area contributed by atoms with Crippen molar-refractivity contribution in [2.45, 2.75) is 13.0 Å². The fraction of sp³-hybridized carbons (Fsp3) is 0.333. The Morgan fingerprint density at radius 1 is 1.36 bits per heavy atom. The van der Waals surface area contributed by atoms with Crippen molar-refractivity contribution >= 4 is 28.5 Å². The lowest BCUT2D eigenvalue weighted by molar-refractivity contribution is -0.111. The molecule has 25 heavy (non-hydrogen) atoms. The van der Waals surface area contributed by atoms with E-state index in [1.807, 2.05) is 18.2 Å². The SMILES string of the molecule is COc1ccc(OC)c(/C=C/C(=O)Nc2nc3c(s2)CN(C)CC3)c1. The third-order valence-electron chi connectivity index (χ3n) is 4.00. The number of rotatable bonds is 5. The number of carbonyl (C=O) groups excluding carboxylic acids is 1. The van der Waals surface area contributed by atoms with Gasteiger partial charge in [-0.15, -0.1) is 11.3 Å². The summed E-state index contributed by atoms with van der Waals surface area (Å²) in [4.78, 5) is 20.2. The molecule has 2 heterocycles. The first-order valence-corrected chi connectivity index (χ1v) is 8.79. The van der Waals surface area contributed by atoms with Gasteiger partial charge in [-0.2, -0.15) is 0 Å². The van der Waals surface area contributed by atoms with Gasteiger partial charge in [0.25, 0.3) is 0 Å². The number of fused-ring (bicyclic) bond motifs is 1. The first-order valence-electron chi connectivity index (χ1n) is 7.97. The number of benzene rings is 1. The van der Waals surface area contributed by atoms with E-state index >= 15 is 0 Å². The summed E-state index contributed by atoms with van der Waals surface area (Å²) >= 11 is 1.54. The molecule has 3 rings (SSSR count). The van der Waals surface area contributed by atoms with Crippen LogP contribution in [0.25, 0.3) is 6.08 Å². The van der Waals surface area contributed by atoms with Gasteiger partial charge >= 0.3 is 0 Å². The Hall–Kier alpha value is -2.38. The molecular weight excluding hydrogens is 338 g/mol. The van der Waals surface area contributed by atoms with E-state index in [1.54, 1.807) is 20.3 Å². The first-order chi connectivity index (χ1) is 12.1. The van der Waals surface area contributed by atoms with Crippen LogP contribution in [-0.2, 0) is 17.8 Å². The molecule has 2 aromatic rings. The number of hydrogen-bond acceptors (Lipinski definition) is 6. The molecule has 132 valence electrons. The van der Waals surface area contributed by atoms with Gasteiger partial charge in [-0.3, -0.25) is 10.1 Å². The largest absolute Gasteiger partial charge is 0.497 e. The van der Waals surface area contributed by atoms with Crippen molar-refractivity contribution in [3.63, 3.8) is 0 Å². The zero-order chi connectivity index (χ0) is 17.8. The minimum absolute atomic E-state index is 0.218. The highest BCUT2D eigenvalue weighted by Gasteiger charge is 2.18. The van der Waals surface area contributed by atoms with Gasteiger partial charge in [0.15, 0.2) is 5.13 Å². The number of thiazole rings is 1. The van der Waals surface area contributed by atoms with Gasteiger partial charge in [0.2, 0.25) is 5.91 Å². The zero-order valence-corrected chi connectivity index (χ0v) is 15.4. The average molecular weight is 359 g/mol. The number of methoxy groups -OCH3 is 2. The maximum absolute atomic E-state index is 12.2. The smallest absolute Gasteiger partial charge is 0.250 e. The Bertz CT molecular complexity index is 801. The molecule has 1 N–H and O–H groups in total. The maximum atomic E-state index is 12.2. The van der Waals surface area contributed by atoms with Crippen LogP contribution in [0.15, 0.2) is 24.3 Å². The van der Waals surface area contributed by atoms with Crippen LogP contribution in [0.1, 0.15) is 16.1 Å². The molecule has 1 aliphatic heterocycles. The summed E-state index contributed by atoms with van der Waals surface area (Å²) < 4.78 is 10.5. The quantitative estimate of drug-likeness (QED) is 0.832. The Morgan fingerprint density at radius 2 is 2.20 bits per heavy atom. The summed E-state index contributed by atoms with van der Waals surface area (Å²) in [5.74, 6) is 1.17. The lowest BCUT2D eigenvalue weighted by Crippen LogP contribution is -2.25. The van der Waals surface area contributed by atoms with E-state index in [0.29, 0.717) is 16.6 Å². The van der Waals surface area contributed by atoms with Gasteiger partial charge in [0.05, 0.1) is 19.9 Å². The Morgan fingerprint density at radius 3 is 2.96 bits per heavy atom. The van der Waals surface area contributed by atoms with Gasteiger partial charge in [-0.25, -0.2) is 4.98 Å². The van der Waals surface area contributed by atoms with E-state index in [4.69, 9.17) is 9.47 Å². The number of anilines is 1. The van der Waals surface area contributed by atoms with Crippen molar-refractivity contribution in [2.75, 3.05) is 33.1 Å². The second kappa shape index (κ2) is 7.67. The second-order valence-corrected chi connectivity index (χ2v) is 6.89. The minimum atomic E-state index is -0.218. The van der Waals surface area contributed by atoms with E-state index in [1.165, 1.54) is 22.3 Å². The molecule has 1 aromatic heterocycles. The number of hydrogen-bond donors (Lipinski definition) is 1. The van der Waals surface area contributed by atoms with Crippen LogP contribution >= 0.6 is 11.3 Å². The molecule has 0 bridgehead atoms. The van der Waals surface area contributed by atoms with Gasteiger partial charge in [-0.1, -0.05) is 0 Å².